The van der Waals surface area contributed by atoms with Crippen molar-refractivity contribution in [3.63, 3.8) is 0 Å². The summed E-state index contributed by atoms with van der Waals surface area (Å²) in [5, 5.41) is 21.5. The summed E-state index contributed by atoms with van der Waals surface area (Å²) >= 11 is 0. The van der Waals surface area contributed by atoms with E-state index in [0.29, 0.717) is 0 Å². The summed E-state index contributed by atoms with van der Waals surface area (Å²) in [7, 11) is 0. The molecule has 2 atom stereocenters. The zero-order valence-electron chi connectivity index (χ0n) is 17.8. The van der Waals surface area contributed by atoms with Gasteiger partial charge in [0.05, 0.1) is 6.42 Å². The lowest BCUT2D eigenvalue weighted by atomic mass is 9.98. The molecule has 8 nitrogen and oxygen atoms in total. The lowest BCUT2D eigenvalue weighted by Crippen LogP contribution is -2.48. The number of nitrogens with one attached hydrogen (secondary N) is 2. The third-order valence-electron chi connectivity index (χ3n) is 5.45. The summed E-state index contributed by atoms with van der Waals surface area (Å²) in [6, 6.07) is 12.4. The normalized spacial score (nSPS) is 14.5. The van der Waals surface area contributed by atoms with E-state index in [0.717, 1.165) is 22.3 Å². The van der Waals surface area contributed by atoms with Crippen molar-refractivity contribution in [2.45, 2.75) is 37.1 Å². The van der Waals surface area contributed by atoms with Crippen LogP contribution in [0.25, 0.3) is 11.1 Å². The van der Waals surface area contributed by atoms with Crippen molar-refractivity contribution < 1.29 is 42.5 Å². The van der Waals surface area contributed by atoms with Gasteiger partial charge in [0.25, 0.3) is 0 Å². The quantitative estimate of drug-likeness (QED) is 0.438. The first kappa shape index (κ1) is 25.0. The molecule has 0 bridgehead atoms. The Labute approximate surface area is 192 Å². The number of aliphatic hydroxyl groups is 1. The molecule has 2 amide bonds. The molecule has 11 heteroatoms. The Kier molecular flexibility index (Phi) is 7.77. The van der Waals surface area contributed by atoms with E-state index in [2.05, 4.69) is 5.32 Å². The molecule has 2 aromatic carbocycles. The predicted octanol–water partition coefficient (Wildman–Crippen LogP) is 2.80. The highest BCUT2D eigenvalue weighted by Crippen LogP contribution is 2.44. The number of halogens is 3. The van der Waals surface area contributed by atoms with E-state index >= 15 is 0 Å². The molecule has 2 unspecified atom stereocenters. The van der Waals surface area contributed by atoms with Crippen molar-refractivity contribution in [3.05, 3.63) is 59.7 Å². The number of rotatable bonds is 9. The Morgan fingerprint density at radius 2 is 1.56 bits per heavy atom. The molecule has 3 rings (SSSR count). The molecule has 0 heterocycles. The fraction of sp³-hybridized carbons (Fsp3) is 0.348. The number of hydrogen-bond acceptors (Lipinski definition) is 5. The number of aliphatic hydroxyl groups excluding tert-OH is 1. The predicted molar refractivity (Wildman–Crippen MR) is 114 cm³/mol. The molecule has 0 aliphatic heterocycles. The molecule has 34 heavy (non-hydrogen) atoms. The Hall–Kier alpha value is -3.60. The van der Waals surface area contributed by atoms with E-state index in [9.17, 15) is 27.6 Å². The number of hydrogen-bond donors (Lipinski definition) is 4. The minimum atomic E-state index is -4.93. The minimum Gasteiger partial charge on any atom is -0.479 e. The average Bonchev–Trinajstić information content (AvgIpc) is 3.10. The second kappa shape index (κ2) is 10.6. The van der Waals surface area contributed by atoms with Crippen LogP contribution in [0.15, 0.2) is 48.5 Å². The molecule has 0 fully saturated rings. The molecule has 0 spiro atoms. The molecule has 4 N–H and O–H groups in total. The van der Waals surface area contributed by atoms with Crippen LogP contribution >= 0.6 is 0 Å². The largest absolute Gasteiger partial charge is 0.479 e. The first-order chi connectivity index (χ1) is 16.1. The summed E-state index contributed by atoms with van der Waals surface area (Å²) in [6.45, 7) is -0.536. The molecule has 0 radical (unpaired) electrons. The number of carboxylic acids is 1. The summed E-state index contributed by atoms with van der Waals surface area (Å²) in [4.78, 5) is 34.5. The third kappa shape index (κ3) is 6.04. The van der Waals surface area contributed by atoms with Crippen LogP contribution in [0.4, 0.5) is 18.0 Å². The topological polar surface area (TPSA) is 125 Å². The summed E-state index contributed by atoms with van der Waals surface area (Å²) in [5.41, 5.74) is 3.72. The Balaban J connectivity index is 1.57. The monoisotopic (exact) mass is 480 g/mol. The van der Waals surface area contributed by atoms with Gasteiger partial charge in [-0.15, -0.1) is 0 Å². The summed E-state index contributed by atoms with van der Waals surface area (Å²) in [5.74, 6) is -2.93. The number of alkyl carbamates (subject to hydrolysis) is 1. The van der Waals surface area contributed by atoms with Crippen LogP contribution in [-0.4, -0.2) is 59.7 Å². The lowest BCUT2D eigenvalue weighted by molar-refractivity contribution is -0.160. The molecule has 182 valence electrons. The molecule has 2 aromatic rings. The summed E-state index contributed by atoms with van der Waals surface area (Å²) in [6.07, 6.45) is -9.51. The van der Waals surface area contributed by atoms with Crippen LogP contribution in [0.2, 0.25) is 0 Å². The van der Waals surface area contributed by atoms with Gasteiger partial charge in [-0.25, -0.2) is 9.59 Å². The third-order valence-corrected chi connectivity index (χ3v) is 5.45. The molecule has 0 saturated carbocycles. The maximum absolute atomic E-state index is 13.4. The van der Waals surface area contributed by atoms with Crippen molar-refractivity contribution in [1.29, 1.82) is 0 Å². The van der Waals surface area contributed by atoms with Crippen molar-refractivity contribution >= 4 is 18.0 Å². The number of alkyl halides is 3. The van der Waals surface area contributed by atoms with E-state index in [-0.39, 0.29) is 25.5 Å². The second-order valence-electron chi connectivity index (χ2n) is 7.76. The highest BCUT2D eigenvalue weighted by atomic mass is 19.4. The smallest absolute Gasteiger partial charge is 0.409 e. The van der Waals surface area contributed by atoms with Gasteiger partial charge in [-0.2, -0.15) is 13.2 Å². The highest BCUT2D eigenvalue weighted by molar-refractivity contribution is 5.80. The Morgan fingerprint density at radius 3 is 2.09 bits per heavy atom. The Morgan fingerprint density at radius 1 is 1.00 bits per heavy atom. The average molecular weight is 480 g/mol. The maximum atomic E-state index is 13.4. The molecule has 0 aromatic heterocycles. The number of carbonyl (C=O) groups is 3. The highest BCUT2D eigenvalue weighted by Gasteiger charge is 2.42. The first-order valence-corrected chi connectivity index (χ1v) is 10.4. The summed E-state index contributed by atoms with van der Waals surface area (Å²) < 4.78 is 45.2. The molecular formula is C23H23F3N2O6. The van der Waals surface area contributed by atoms with Crippen LogP contribution < -0.4 is 10.6 Å². The Bertz CT molecular complexity index is 1010. The van der Waals surface area contributed by atoms with Gasteiger partial charge in [0.15, 0.2) is 6.10 Å². The van der Waals surface area contributed by atoms with Gasteiger partial charge in [-0.3, -0.25) is 4.79 Å². The second-order valence-corrected chi connectivity index (χ2v) is 7.76. The van der Waals surface area contributed by atoms with E-state index in [1.54, 1.807) is 5.32 Å². The van der Waals surface area contributed by atoms with Gasteiger partial charge >= 0.3 is 18.2 Å². The number of aliphatic carboxylic acids is 1. The van der Waals surface area contributed by atoms with Gasteiger partial charge < -0.3 is 25.6 Å². The van der Waals surface area contributed by atoms with Gasteiger partial charge in [-0.05, 0) is 22.3 Å². The van der Waals surface area contributed by atoms with Crippen LogP contribution in [0.5, 0.6) is 0 Å². The van der Waals surface area contributed by atoms with E-state index in [4.69, 9.17) is 14.9 Å². The number of ether oxygens (including phenoxy) is 1. The van der Waals surface area contributed by atoms with Crippen molar-refractivity contribution in [2.24, 2.45) is 0 Å². The lowest BCUT2D eigenvalue weighted by Gasteiger charge is -2.22. The van der Waals surface area contributed by atoms with Crippen molar-refractivity contribution in [2.75, 3.05) is 13.2 Å². The van der Waals surface area contributed by atoms with E-state index in [1.807, 2.05) is 48.5 Å². The van der Waals surface area contributed by atoms with Gasteiger partial charge in [-0.1, -0.05) is 48.5 Å². The molecular weight excluding hydrogens is 457 g/mol. The fourth-order valence-electron chi connectivity index (χ4n) is 3.76. The first-order valence-electron chi connectivity index (χ1n) is 10.4. The number of benzene rings is 2. The van der Waals surface area contributed by atoms with Gasteiger partial charge in [0.2, 0.25) is 5.91 Å². The number of carboxylic acid groups (broad SMARTS) is 1. The van der Waals surface area contributed by atoms with Crippen molar-refractivity contribution in [3.8, 4) is 11.1 Å². The maximum Gasteiger partial charge on any atom is 0.409 e. The fourth-order valence-corrected chi connectivity index (χ4v) is 3.76. The van der Waals surface area contributed by atoms with Crippen LogP contribution in [-0.2, 0) is 14.3 Å². The van der Waals surface area contributed by atoms with Crippen LogP contribution in [0, 0.1) is 0 Å². The molecule has 0 saturated heterocycles. The standard InChI is InChI=1S/C23H23F3N2O6/c24-23(25,26)19(11-20(30)27-10-9-18(29)21(31)32)28-22(33)34-12-17-15-7-3-1-5-13(15)14-6-2-4-8-16(14)17/h1-8,17-19,29H,9-12H2,(H,27,30)(H,28,33)(H,31,32). The van der Waals surface area contributed by atoms with Gasteiger partial charge in [0.1, 0.15) is 12.6 Å². The molecule has 1 aliphatic carbocycles. The van der Waals surface area contributed by atoms with E-state index < -0.39 is 42.7 Å². The molecule has 1 aliphatic rings. The SMILES string of the molecule is O=C(CC(NC(=O)OCC1c2ccccc2-c2ccccc21)C(F)(F)F)NCCC(O)C(=O)O. The number of fused-ring (bicyclic) bond motifs is 3. The number of carbonyl (C=O) groups excluding carboxylic acids is 2. The van der Waals surface area contributed by atoms with E-state index in [1.165, 1.54) is 0 Å². The zero-order chi connectivity index (χ0) is 24.9. The van der Waals surface area contributed by atoms with Gasteiger partial charge in [0, 0.05) is 18.9 Å². The minimum absolute atomic E-state index is 0.191. The zero-order valence-corrected chi connectivity index (χ0v) is 17.8. The van der Waals surface area contributed by atoms with Crippen molar-refractivity contribution in [1.82, 2.24) is 10.6 Å². The van der Waals surface area contributed by atoms with Crippen LogP contribution in [0.3, 0.4) is 0 Å². The van der Waals surface area contributed by atoms with Crippen LogP contribution in [0.1, 0.15) is 29.9 Å². The number of amides is 2.